The van der Waals surface area contributed by atoms with Gasteiger partial charge in [-0.05, 0) is 58.4 Å². The fraction of sp³-hybridized carbons (Fsp3) is 0.625. The third-order valence-corrected chi connectivity index (χ3v) is 3.40. The Morgan fingerprint density at radius 1 is 1.20 bits per heavy atom. The van der Waals surface area contributed by atoms with Crippen molar-refractivity contribution < 1.29 is 9.47 Å². The first-order chi connectivity index (χ1) is 9.28. The number of hydrogen-bond donors (Lipinski definition) is 1. The highest BCUT2D eigenvalue weighted by atomic mass is 79.9. The van der Waals surface area contributed by atoms with Crippen LogP contribution in [0.15, 0.2) is 22.7 Å². The van der Waals surface area contributed by atoms with Crippen molar-refractivity contribution in [3.63, 3.8) is 0 Å². The smallest absolute Gasteiger partial charge is 0.119 e. The summed E-state index contributed by atoms with van der Waals surface area (Å²) in [6.45, 7) is 12.5. The molecular formula is C16H26BrNO2. The summed E-state index contributed by atoms with van der Waals surface area (Å²) >= 11 is 3.58. The van der Waals surface area contributed by atoms with E-state index >= 15 is 0 Å². The molecule has 0 heterocycles. The molecule has 1 aromatic carbocycles. The van der Waals surface area contributed by atoms with E-state index in [1.807, 2.05) is 26.0 Å². The summed E-state index contributed by atoms with van der Waals surface area (Å²) in [6.07, 6.45) is 0.245. The molecule has 1 rings (SSSR count). The van der Waals surface area contributed by atoms with Crippen LogP contribution in [0.4, 0.5) is 0 Å². The third-order valence-electron chi connectivity index (χ3n) is 2.63. The van der Waals surface area contributed by atoms with Crippen LogP contribution < -0.4 is 10.1 Å². The van der Waals surface area contributed by atoms with Crippen LogP contribution in [-0.4, -0.2) is 24.9 Å². The SMILES string of the molecule is CC(C)OCCOc1ccc(Br)c(CNC(C)(C)C)c1. The first-order valence-electron chi connectivity index (χ1n) is 7.06. The van der Waals surface area contributed by atoms with Gasteiger partial charge in [-0.25, -0.2) is 0 Å². The van der Waals surface area contributed by atoms with Crippen LogP contribution in [0.25, 0.3) is 0 Å². The van der Waals surface area contributed by atoms with Gasteiger partial charge in [0.05, 0.1) is 12.7 Å². The number of ether oxygens (including phenoxy) is 2. The second-order valence-electron chi connectivity index (χ2n) is 6.12. The standard InChI is InChI=1S/C16H26BrNO2/c1-12(2)19-8-9-20-14-6-7-15(17)13(10-14)11-18-16(3,4)5/h6-7,10,12,18H,8-9,11H2,1-5H3. The van der Waals surface area contributed by atoms with Gasteiger partial charge in [0.15, 0.2) is 0 Å². The second-order valence-corrected chi connectivity index (χ2v) is 6.98. The van der Waals surface area contributed by atoms with E-state index in [4.69, 9.17) is 9.47 Å². The average molecular weight is 344 g/mol. The lowest BCUT2D eigenvalue weighted by Gasteiger charge is -2.21. The van der Waals surface area contributed by atoms with Gasteiger partial charge in [-0.1, -0.05) is 15.9 Å². The van der Waals surface area contributed by atoms with Crippen molar-refractivity contribution in [3.05, 3.63) is 28.2 Å². The topological polar surface area (TPSA) is 30.5 Å². The van der Waals surface area contributed by atoms with E-state index in [2.05, 4.69) is 48.1 Å². The first kappa shape index (κ1) is 17.5. The normalized spacial score (nSPS) is 11.9. The van der Waals surface area contributed by atoms with Crippen LogP contribution >= 0.6 is 15.9 Å². The molecule has 0 radical (unpaired) electrons. The second kappa shape index (κ2) is 8.01. The van der Waals surface area contributed by atoms with Crippen molar-refractivity contribution in [1.29, 1.82) is 0 Å². The number of benzene rings is 1. The van der Waals surface area contributed by atoms with Crippen LogP contribution in [0.3, 0.4) is 0 Å². The molecule has 0 aliphatic carbocycles. The Morgan fingerprint density at radius 2 is 1.90 bits per heavy atom. The molecule has 1 N–H and O–H groups in total. The predicted molar refractivity (Wildman–Crippen MR) is 87.3 cm³/mol. The van der Waals surface area contributed by atoms with Gasteiger partial charge in [0.25, 0.3) is 0 Å². The van der Waals surface area contributed by atoms with E-state index in [0.717, 1.165) is 16.8 Å². The Morgan fingerprint density at radius 3 is 2.50 bits per heavy atom. The summed E-state index contributed by atoms with van der Waals surface area (Å²) in [5.41, 5.74) is 1.30. The molecule has 114 valence electrons. The zero-order valence-corrected chi connectivity index (χ0v) is 14.7. The Hall–Kier alpha value is -0.580. The molecule has 1 aromatic rings. The van der Waals surface area contributed by atoms with Crippen LogP contribution in [0.5, 0.6) is 5.75 Å². The van der Waals surface area contributed by atoms with Gasteiger partial charge in [0, 0.05) is 16.6 Å². The van der Waals surface area contributed by atoms with Gasteiger partial charge in [-0.2, -0.15) is 0 Å². The Kier molecular flexibility index (Phi) is 7.00. The lowest BCUT2D eigenvalue weighted by atomic mass is 10.1. The maximum absolute atomic E-state index is 5.71. The Labute approximate surface area is 131 Å². The summed E-state index contributed by atoms with van der Waals surface area (Å²) in [5, 5.41) is 3.48. The Bertz CT molecular complexity index is 413. The summed E-state index contributed by atoms with van der Waals surface area (Å²) in [4.78, 5) is 0. The maximum atomic E-state index is 5.71. The Balaban J connectivity index is 2.53. The van der Waals surface area contributed by atoms with Gasteiger partial charge in [0.2, 0.25) is 0 Å². The van der Waals surface area contributed by atoms with Crippen molar-refractivity contribution in [1.82, 2.24) is 5.32 Å². The van der Waals surface area contributed by atoms with Gasteiger partial charge in [-0.3, -0.25) is 0 Å². The minimum Gasteiger partial charge on any atom is -0.491 e. The summed E-state index contributed by atoms with van der Waals surface area (Å²) in [6, 6.07) is 6.07. The zero-order valence-electron chi connectivity index (χ0n) is 13.1. The molecule has 20 heavy (non-hydrogen) atoms. The van der Waals surface area contributed by atoms with Crippen LogP contribution in [0.2, 0.25) is 0 Å². The highest BCUT2D eigenvalue weighted by Crippen LogP contribution is 2.23. The van der Waals surface area contributed by atoms with Crippen LogP contribution in [0.1, 0.15) is 40.2 Å². The zero-order chi connectivity index (χ0) is 15.2. The minimum absolute atomic E-state index is 0.0986. The molecule has 0 fully saturated rings. The van der Waals surface area contributed by atoms with Crippen molar-refractivity contribution >= 4 is 15.9 Å². The molecule has 0 spiro atoms. The van der Waals surface area contributed by atoms with Crippen molar-refractivity contribution in [2.45, 2.75) is 52.8 Å². The molecular weight excluding hydrogens is 318 g/mol. The minimum atomic E-state index is 0.0986. The molecule has 0 bridgehead atoms. The number of halogens is 1. The maximum Gasteiger partial charge on any atom is 0.119 e. The lowest BCUT2D eigenvalue weighted by molar-refractivity contribution is 0.0552. The molecule has 0 aliphatic rings. The molecule has 4 heteroatoms. The van der Waals surface area contributed by atoms with E-state index in [0.29, 0.717) is 13.2 Å². The number of hydrogen-bond acceptors (Lipinski definition) is 3. The molecule has 0 aromatic heterocycles. The van der Waals surface area contributed by atoms with E-state index < -0.39 is 0 Å². The molecule has 0 amide bonds. The van der Waals surface area contributed by atoms with E-state index in [-0.39, 0.29) is 11.6 Å². The highest BCUT2D eigenvalue weighted by Gasteiger charge is 2.10. The van der Waals surface area contributed by atoms with E-state index in [1.165, 1.54) is 5.56 Å². The fourth-order valence-electron chi connectivity index (χ4n) is 1.58. The molecule has 3 nitrogen and oxygen atoms in total. The summed E-state index contributed by atoms with van der Waals surface area (Å²) in [5.74, 6) is 0.881. The van der Waals surface area contributed by atoms with Crippen LogP contribution in [0, 0.1) is 0 Å². The van der Waals surface area contributed by atoms with Crippen molar-refractivity contribution in [2.75, 3.05) is 13.2 Å². The lowest BCUT2D eigenvalue weighted by Crippen LogP contribution is -2.35. The monoisotopic (exact) mass is 343 g/mol. The summed E-state index contributed by atoms with van der Waals surface area (Å²) in [7, 11) is 0. The fourth-order valence-corrected chi connectivity index (χ4v) is 1.97. The van der Waals surface area contributed by atoms with Crippen molar-refractivity contribution in [3.8, 4) is 5.75 Å². The average Bonchev–Trinajstić information content (AvgIpc) is 2.33. The molecule has 0 unspecified atom stereocenters. The molecule has 0 saturated carbocycles. The quantitative estimate of drug-likeness (QED) is 0.754. The molecule has 0 aliphatic heterocycles. The largest absolute Gasteiger partial charge is 0.491 e. The van der Waals surface area contributed by atoms with Gasteiger partial charge >= 0.3 is 0 Å². The summed E-state index contributed by atoms with van der Waals surface area (Å²) < 4.78 is 12.3. The van der Waals surface area contributed by atoms with Crippen molar-refractivity contribution in [2.24, 2.45) is 0 Å². The number of rotatable bonds is 7. The highest BCUT2D eigenvalue weighted by molar-refractivity contribution is 9.10. The van der Waals surface area contributed by atoms with Gasteiger partial charge in [0.1, 0.15) is 12.4 Å². The van der Waals surface area contributed by atoms with Gasteiger partial charge < -0.3 is 14.8 Å². The van der Waals surface area contributed by atoms with E-state index in [9.17, 15) is 0 Å². The predicted octanol–water partition coefficient (Wildman–Crippen LogP) is 4.14. The third kappa shape index (κ3) is 7.27. The van der Waals surface area contributed by atoms with Crippen LogP contribution in [-0.2, 0) is 11.3 Å². The molecule has 0 atom stereocenters. The van der Waals surface area contributed by atoms with Gasteiger partial charge in [-0.15, -0.1) is 0 Å². The van der Waals surface area contributed by atoms with E-state index in [1.54, 1.807) is 0 Å². The molecule has 0 saturated heterocycles. The number of nitrogens with one attached hydrogen (secondary N) is 1. The first-order valence-corrected chi connectivity index (χ1v) is 7.85.